The molecule has 6 nitrogen and oxygen atoms in total. The Morgan fingerprint density at radius 1 is 0.853 bits per heavy atom. The summed E-state index contributed by atoms with van der Waals surface area (Å²) < 4.78 is 28.2. The molecule has 0 aliphatic rings. The van der Waals surface area contributed by atoms with E-state index in [0.717, 1.165) is 34.9 Å². The van der Waals surface area contributed by atoms with Gasteiger partial charge in [0, 0.05) is 27.6 Å². The Bertz CT molecular complexity index is 1470. The number of aromatic hydroxyl groups is 1. The molecule has 0 saturated carbocycles. The molecule has 170 valence electrons. The Labute approximate surface area is 200 Å². The molecule has 0 radical (unpaired) electrons. The van der Waals surface area contributed by atoms with E-state index < -0.39 is 28.9 Å². The van der Waals surface area contributed by atoms with Crippen LogP contribution in [0.2, 0.25) is 0 Å². The van der Waals surface area contributed by atoms with Gasteiger partial charge in [0.15, 0.2) is 5.78 Å². The third-order valence-electron chi connectivity index (χ3n) is 4.93. The topological polar surface area (TPSA) is 88.4 Å². The first-order valence-electron chi connectivity index (χ1n) is 9.86. The lowest BCUT2D eigenvalue weighted by Gasteiger charge is -2.13. The number of pyridine rings is 1. The fourth-order valence-electron chi connectivity index (χ4n) is 3.24. The van der Waals surface area contributed by atoms with Crippen LogP contribution in [0.25, 0.3) is 5.69 Å². The summed E-state index contributed by atoms with van der Waals surface area (Å²) in [6.07, 6.45) is 1.22. The van der Waals surface area contributed by atoms with Gasteiger partial charge in [-0.25, -0.2) is 8.78 Å². The first-order chi connectivity index (χ1) is 16.2. The van der Waals surface area contributed by atoms with Gasteiger partial charge in [-0.05, 0) is 72.8 Å². The zero-order valence-corrected chi connectivity index (χ0v) is 18.8. The second-order valence-corrected chi connectivity index (χ2v) is 8.16. The van der Waals surface area contributed by atoms with Crippen molar-refractivity contribution in [3.05, 3.63) is 122 Å². The van der Waals surface area contributed by atoms with Gasteiger partial charge >= 0.3 is 0 Å². The number of halogens is 3. The minimum Gasteiger partial charge on any atom is -0.507 e. The lowest BCUT2D eigenvalue weighted by atomic mass is 10.0. The Balaban J connectivity index is 1.85. The van der Waals surface area contributed by atoms with Crippen molar-refractivity contribution in [3.8, 4) is 11.4 Å². The number of nitrogens with zero attached hydrogens (tertiary/aromatic N) is 1. The molecule has 9 heteroatoms. The van der Waals surface area contributed by atoms with E-state index in [2.05, 4.69) is 21.2 Å². The van der Waals surface area contributed by atoms with Crippen LogP contribution in [0.15, 0.2) is 88.3 Å². The van der Waals surface area contributed by atoms with Crippen molar-refractivity contribution in [3.63, 3.8) is 0 Å². The number of aromatic nitrogens is 1. The van der Waals surface area contributed by atoms with Crippen LogP contribution < -0.4 is 10.9 Å². The average molecular weight is 525 g/mol. The van der Waals surface area contributed by atoms with E-state index in [9.17, 15) is 28.3 Å². The normalized spacial score (nSPS) is 10.7. The molecule has 1 heterocycles. The van der Waals surface area contributed by atoms with E-state index in [4.69, 9.17) is 0 Å². The third kappa shape index (κ3) is 4.79. The van der Waals surface area contributed by atoms with Gasteiger partial charge in [-0.1, -0.05) is 15.9 Å². The molecule has 2 N–H and O–H groups in total. The standard InChI is InChI=1S/C25H15BrF2N2O4/c26-15-1-10-22(31)20(12-15)23(32)14-11-21(24(33)29-18-6-2-16(27)3-7-18)25(34)30(13-14)19-8-4-17(28)5-9-19/h1-13,31H,(H,29,33). The monoisotopic (exact) mass is 524 g/mol. The lowest BCUT2D eigenvalue weighted by Crippen LogP contribution is -2.29. The summed E-state index contributed by atoms with van der Waals surface area (Å²) >= 11 is 3.24. The van der Waals surface area contributed by atoms with Gasteiger partial charge < -0.3 is 10.4 Å². The van der Waals surface area contributed by atoms with Crippen LogP contribution in [0, 0.1) is 11.6 Å². The Kier molecular flexibility index (Phi) is 6.38. The van der Waals surface area contributed by atoms with Gasteiger partial charge in [0.1, 0.15) is 22.9 Å². The van der Waals surface area contributed by atoms with Crippen molar-refractivity contribution in [1.82, 2.24) is 4.57 Å². The number of anilines is 1. The molecule has 0 spiro atoms. The average Bonchev–Trinajstić information content (AvgIpc) is 2.82. The van der Waals surface area contributed by atoms with Crippen LogP contribution >= 0.6 is 15.9 Å². The summed E-state index contributed by atoms with van der Waals surface area (Å²) in [5.74, 6) is -2.80. The first-order valence-corrected chi connectivity index (χ1v) is 10.6. The number of carbonyl (C=O) groups excluding carboxylic acids is 2. The summed E-state index contributed by atoms with van der Waals surface area (Å²) in [6, 6.07) is 15.2. The minimum atomic E-state index is -0.833. The van der Waals surface area contributed by atoms with E-state index >= 15 is 0 Å². The van der Waals surface area contributed by atoms with Gasteiger partial charge in [-0.2, -0.15) is 0 Å². The highest BCUT2D eigenvalue weighted by atomic mass is 79.9. The molecular formula is C25H15BrF2N2O4. The predicted octanol–water partition coefficient (Wildman–Crippen LogP) is 5.07. The Morgan fingerprint density at radius 2 is 1.47 bits per heavy atom. The second kappa shape index (κ2) is 9.40. The van der Waals surface area contributed by atoms with Crippen molar-refractivity contribution in [2.75, 3.05) is 5.32 Å². The first kappa shape index (κ1) is 23.1. The summed E-state index contributed by atoms with van der Waals surface area (Å²) in [4.78, 5) is 39.3. The Hall–Kier alpha value is -4.11. The van der Waals surface area contributed by atoms with Crippen LogP contribution in [-0.4, -0.2) is 21.4 Å². The van der Waals surface area contributed by atoms with Crippen LogP contribution in [-0.2, 0) is 0 Å². The molecular weight excluding hydrogens is 510 g/mol. The molecule has 3 aromatic carbocycles. The van der Waals surface area contributed by atoms with E-state index in [-0.39, 0.29) is 33.8 Å². The number of phenols is 1. The number of benzene rings is 3. The van der Waals surface area contributed by atoms with Crippen molar-refractivity contribution >= 4 is 33.3 Å². The molecule has 0 atom stereocenters. The van der Waals surface area contributed by atoms with Gasteiger partial charge in [-0.15, -0.1) is 0 Å². The number of amides is 1. The molecule has 0 aliphatic carbocycles. The summed E-state index contributed by atoms with van der Waals surface area (Å²) in [7, 11) is 0. The van der Waals surface area contributed by atoms with E-state index in [1.807, 2.05) is 0 Å². The molecule has 0 bridgehead atoms. The molecule has 0 aliphatic heterocycles. The molecule has 0 unspecified atom stereocenters. The van der Waals surface area contributed by atoms with E-state index in [1.165, 1.54) is 42.6 Å². The van der Waals surface area contributed by atoms with Crippen molar-refractivity contribution < 1.29 is 23.5 Å². The second-order valence-electron chi connectivity index (χ2n) is 7.25. The largest absolute Gasteiger partial charge is 0.507 e. The van der Waals surface area contributed by atoms with Crippen molar-refractivity contribution in [1.29, 1.82) is 0 Å². The summed E-state index contributed by atoms with van der Waals surface area (Å²) in [6.45, 7) is 0. The zero-order valence-electron chi connectivity index (χ0n) is 17.3. The van der Waals surface area contributed by atoms with Gasteiger partial charge in [0.25, 0.3) is 11.5 Å². The quantitative estimate of drug-likeness (QED) is 0.357. The smallest absolute Gasteiger partial charge is 0.267 e. The minimum absolute atomic E-state index is 0.0522. The summed E-state index contributed by atoms with van der Waals surface area (Å²) in [5.41, 5.74) is -0.809. The van der Waals surface area contributed by atoms with Crippen LogP contribution in [0.4, 0.5) is 14.5 Å². The number of rotatable bonds is 5. The maximum Gasteiger partial charge on any atom is 0.267 e. The molecule has 4 rings (SSSR count). The van der Waals surface area contributed by atoms with Crippen molar-refractivity contribution in [2.45, 2.75) is 0 Å². The predicted molar refractivity (Wildman–Crippen MR) is 126 cm³/mol. The van der Waals surface area contributed by atoms with Gasteiger partial charge in [-0.3, -0.25) is 19.0 Å². The highest BCUT2D eigenvalue weighted by Crippen LogP contribution is 2.25. The fourth-order valence-corrected chi connectivity index (χ4v) is 3.60. The molecule has 1 aromatic heterocycles. The van der Waals surface area contributed by atoms with Gasteiger partial charge in [0.2, 0.25) is 0 Å². The van der Waals surface area contributed by atoms with Crippen LogP contribution in [0.1, 0.15) is 26.3 Å². The zero-order chi connectivity index (χ0) is 24.4. The number of nitrogens with one attached hydrogen (secondary N) is 1. The fraction of sp³-hybridized carbons (Fsp3) is 0. The molecule has 34 heavy (non-hydrogen) atoms. The highest BCUT2D eigenvalue weighted by Gasteiger charge is 2.21. The SMILES string of the molecule is O=C(c1cc(C(=O)Nc2ccc(F)cc2)c(=O)n(-c2ccc(F)cc2)c1)c1cc(Br)ccc1O. The summed E-state index contributed by atoms with van der Waals surface area (Å²) in [5, 5.41) is 12.7. The van der Waals surface area contributed by atoms with Gasteiger partial charge in [0.05, 0.1) is 5.56 Å². The maximum atomic E-state index is 13.4. The number of phenolic OH excluding ortho intramolecular Hbond substituents is 1. The number of carbonyl (C=O) groups is 2. The van der Waals surface area contributed by atoms with E-state index in [1.54, 1.807) is 6.07 Å². The highest BCUT2D eigenvalue weighted by molar-refractivity contribution is 9.10. The third-order valence-corrected chi connectivity index (χ3v) is 5.43. The number of ketones is 1. The maximum absolute atomic E-state index is 13.4. The number of hydrogen-bond donors (Lipinski definition) is 2. The van der Waals surface area contributed by atoms with E-state index in [0.29, 0.717) is 4.47 Å². The molecule has 4 aromatic rings. The van der Waals surface area contributed by atoms with Crippen LogP contribution in [0.3, 0.4) is 0 Å². The molecule has 0 fully saturated rings. The van der Waals surface area contributed by atoms with Crippen LogP contribution in [0.5, 0.6) is 5.75 Å². The number of hydrogen-bond acceptors (Lipinski definition) is 4. The Morgan fingerprint density at radius 3 is 2.12 bits per heavy atom. The van der Waals surface area contributed by atoms with Crippen molar-refractivity contribution in [2.24, 2.45) is 0 Å². The molecule has 0 saturated heterocycles. The lowest BCUT2D eigenvalue weighted by molar-refractivity contribution is 0.102. The molecule has 1 amide bonds.